The van der Waals surface area contributed by atoms with Gasteiger partial charge in [-0.05, 0) is 38.5 Å². The molecule has 0 radical (unpaired) electrons. The van der Waals surface area contributed by atoms with Gasteiger partial charge in [-0.3, -0.25) is 9.59 Å². The van der Waals surface area contributed by atoms with Crippen LogP contribution in [-0.2, 0) is 33.3 Å². The Morgan fingerprint density at radius 3 is 1.53 bits per heavy atom. The van der Waals surface area contributed by atoms with Crippen LogP contribution in [0.1, 0.15) is 174 Å². The molecule has 0 saturated carbocycles. The Kier molecular flexibility index (Phi) is 33.2. The van der Waals surface area contributed by atoms with Crippen molar-refractivity contribution in [2.75, 3.05) is 13.2 Å². The smallest absolute Gasteiger partial charge is 0.335 e. The summed E-state index contributed by atoms with van der Waals surface area (Å²) in [4.78, 5) is 36.7. The third-order valence-electron chi connectivity index (χ3n) is 9.96. The largest absolute Gasteiger partial charge is 0.479 e. The van der Waals surface area contributed by atoms with E-state index in [1.807, 2.05) is 12.2 Å². The van der Waals surface area contributed by atoms with Gasteiger partial charge in [-0.25, -0.2) is 4.79 Å². The zero-order valence-corrected chi connectivity index (χ0v) is 35.3. The van der Waals surface area contributed by atoms with Gasteiger partial charge in [-0.15, -0.1) is 0 Å². The lowest BCUT2D eigenvalue weighted by Gasteiger charge is -2.38. The third-order valence-corrected chi connectivity index (χ3v) is 9.96. The molecule has 0 aromatic rings. The van der Waals surface area contributed by atoms with E-state index in [1.54, 1.807) is 0 Å². The molecule has 4 N–H and O–H groups in total. The average molecular weight is 807 g/mol. The number of aliphatic carboxylic acids is 1. The van der Waals surface area contributed by atoms with E-state index in [4.69, 9.17) is 18.9 Å². The highest BCUT2D eigenvalue weighted by Gasteiger charge is 2.47. The summed E-state index contributed by atoms with van der Waals surface area (Å²) in [6, 6.07) is 0. The molecule has 1 aliphatic rings. The van der Waals surface area contributed by atoms with Crippen LogP contribution in [0.25, 0.3) is 0 Å². The summed E-state index contributed by atoms with van der Waals surface area (Å²) in [5, 5.41) is 39.8. The van der Waals surface area contributed by atoms with E-state index in [0.717, 1.165) is 44.9 Å². The molecule has 6 unspecified atom stereocenters. The molecule has 1 fully saturated rings. The first-order valence-electron chi connectivity index (χ1n) is 22.2. The van der Waals surface area contributed by atoms with Crippen LogP contribution in [0.3, 0.4) is 0 Å². The number of rotatable bonds is 36. The van der Waals surface area contributed by atoms with Crippen molar-refractivity contribution < 1.29 is 53.8 Å². The number of carboxylic acid groups (broad SMARTS) is 1. The van der Waals surface area contributed by atoms with Gasteiger partial charge in [-0.2, -0.15) is 0 Å². The van der Waals surface area contributed by atoms with E-state index in [2.05, 4.69) is 50.3 Å². The number of carbonyl (C=O) groups is 3. The molecule has 1 aliphatic heterocycles. The normalized spacial score (nSPS) is 20.6. The van der Waals surface area contributed by atoms with Crippen molar-refractivity contribution in [3.05, 3.63) is 48.6 Å². The number of carboxylic acids is 1. The molecule has 11 nitrogen and oxygen atoms in total. The highest BCUT2D eigenvalue weighted by molar-refractivity contribution is 5.73. The molecule has 57 heavy (non-hydrogen) atoms. The van der Waals surface area contributed by atoms with Crippen molar-refractivity contribution in [2.45, 2.75) is 211 Å². The predicted molar refractivity (Wildman–Crippen MR) is 224 cm³/mol. The molecular weight excluding hydrogens is 728 g/mol. The van der Waals surface area contributed by atoms with Gasteiger partial charge in [0.05, 0.1) is 6.61 Å². The number of ether oxygens (including phenoxy) is 4. The number of esters is 2. The molecule has 0 aromatic heterocycles. The maximum Gasteiger partial charge on any atom is 0.335 e. The second-order valence-electron chi connectivity index (χ2n) is 15.2. The first-order valence-corrected chi connectivity index (χ1v) is 22.2. The number of hydrogen-bond donors (Lipinski definition) is 4. The maximum absolute atomic E-state index is 12.8. The van der Waals surface area contributed by atoms with Crippen LogP contribution < -0.4 is 0 Å². The Morgan fingerprint density at radius 2 is 1.04 bits per heavy atom. The van der Waals surface area contributed by atoms with Crippen LogP contribution in [0.2, 0.25) is 0 Å². The average Bonchev–Trinajstić information content (AvgIpc) is 3.19. The van der Waals surface area contributed by atoms with Crippen LogP contribution in [0.5, 0.6) is 0 Å². The fourth-order valence-corrected chi connectivity index (χ4v) is 6.48. The summed E-state index contributed by atoms with van der Waals surface area (Å²) in [7, 11) is 0. The van der Waals surface area contributed by atoms with Crippen LogP contribution in [0.15, 0.2) is 48.6 Å². The van der Waals surface area contributed by atoms with Gasteiger partial charge >= 0.3 is 17.9 Å². The number of aliphatic hydroxyl groups is 3. The van der Waals surface area contributed by atoms with Gasteiger partial charge in [0, 0.05) is 12.8 Å². The maximum atomic E-state index is 12.8. The van der Waals surface area contributed by atoms with Gasteiger partial charge in [0.25, 0.3) is 0 Å². The van der Waals surface area contributed by atoms with Crippen LogP contribution >= 0.6 is 0 Å². The Hall–Kier alpha value is -2.83. The number of carbonyl (C=O) groups excluding carboxylic acids is 2. The molecule has 1 rings (SSSR count). The van der Waals surface area contributed by atoms with Gasteiger partial charge in [0.2, 0.25) is 0 Å². The zero-order chi connectivity index (χ0) is 41.8. The van der Waals surface area contributed by atoms with Crippen LogP contribution in [0, 0.1) is 0 Å². The molecular formula is C46H78O11. The minimum atomic E-state index is -1.87. The molecule has 1 heterocycles. The summed E-state index contributed by atoms with van der Waals surface area (Å²) < 4.78 is 21.6. The fourth-order valence-electron chi connectivity index (χ4n) is 6.48. The quantitative estimate of drug-likeness (QED) is 0.0270. The molecule has 6 atom stereocenters. The number of unbranched alkanes of at least 4 members (excludes halogenated alkanes) is 17. The van der Waals surface area contributed by atoms with Gasteiger partial charge in [0.1, 0.15) is 24.9 Å². The lowest BCUT2D eigenvalue weighted by atomic mass is 9.99. The minimum absolute atomic E-state index is 0.115. The van der Waals surface area contributed by atoms with E-state index in [0.29, 0.717) is 12.8 Å². The summed E-state index contributed by atoms with van der Waals surface area (Å²) in [5.41, 5.74) is 0. The van der Waals surface area contributed by atoms with Crippen molar-refractivity contribution in [3.63, 3.8) is 0 Å². The van der Waals surface area contributed by atoms with Gasteiger partial charge < -0.3 is 39.4 Å². The lowest BCUT2D eigenvalue weighted by molar-refractivity contribution is -0.298. The Labute approximate surface area is 344 Å². The van der Waals surface area contributed by atoms with E-state index >= 15 is 0 Å². The fraction of sp³-hybridized carbons (Fsp3) is 0.761. The van der Waals surface area contributed by atoms with Crippen molar-refractivity contribution in [1.29, 1.82) is 0 Å². The molecule has 1 saturated heterocycles. The molecule has 0 bridgehead atoms. The van der Waals surface area contributed by atoms with E-state index < -0.39 is 61.3 Å². The van der Waals surface area contributed by atoms with Crippen molar-refractivity contribution in [2.24, 2.45) is 0 Å². The SMILES string of the molecule is CC/C=C\C/C=C\C/C=C\C/C=C\CCC(=O)OCC(COC1OC(C(=O)O)C(O)C(O)C1O)OC(=O)CCCCCCCCCCCCCCCCCCCC. The second kappa shape index (κ2) is 36.3. The second-order valence-corrected chi connectivity index (χ2v) is 15.2. The van der Waals surface area contributed by atoms with Crippen molar-refractivity contribution in [3.8, 4) is 0 Å². The summed E-state index contributed by atoms with van der Waals surface area (Å²) in [6.45, 7) is 3.63. The molecule has 11 heteroatoms. The first-order chi connectivity index (χ1) is 27.7. The summed E-state index contributed by atoms with van der Waals surface area (Å²) in [6.07, 6.45) is 33.3. The Balaban J connectivity index is 2.39. The van der Waals surface area contributed by atoms with Crippen molar-refractivity contribution in [1.82, 2.24) is 0 Å². The molecule has 0 amide bonds. The Bertz CT molecular complexity index is 1130. The molecule has 328 valence electrons. The number of aliphatic hydroxyl groups excluding tert-OH is 3. The van der Waals surface area contributed by atoms with Gasteiger partial charge in [0.15, 0.2) is 18.5 Å². The van der Waals surface area contributed by atoms with E-state index in [9.17, 15) is 34.8 Å². The number of hydrogen-bond acceptors (Lipinski definition) is 10. The van der Waals surface area contributed by atoms with Crippen LogP contribution in [-0.4, -0.2) is 88.4 Å². The highest BCUT2D eigenvalue weighted by atomic mass is 16.7. The molecule has 0 spiro atoms. The highest BCUT2D eigenvalue weighted by Crippen LogP contribution is 2.23. The van der Waals surface area contributed by atoms with Gasteiger partial charge in [-0.1, -0.05) is 172 Å². The summed E-state index contributed by atoms with van der Waals surface area (Å²) in [5.74, 6) is -2.54. The third kappa shape index (κ3) is 28.3. The van der Waals surface area contributed by atoms with E-state index in [-0.39, 0.29) is 19.4 Å². The number of allylic oxidation sites excluding steroid dienone is 8. The van der Waals surface area contributed by atoms with Crippen molar-refractivity contribution >= 4 is 17.9 Å². The predicted octanol–water partition coefficient (Wildman–Crippen LogP) is 9.37. The standard InChI is InChI=1S/C46H78O11/c1-3-5-7-9-11-13-15-17-18-19-20-21-23-25-27-29-31-33-35-40(48)56-38(37-55-46-43(51)41(49)42(50)44(57-46)45(52)53)36-54-39(47)34-32-30-28-26-24-22-16-14-12-10-8-6-4-2/h6,8,12,14,22,24,28,30,38,41-44,46,49-51H,3-5,7,9-11,13,15-21,23,25-27,29,31-37H2,1-2H3,(H,52,53)/b8-6-,14-12-,24-22-,30-28-. The molecule has 0 aliphatic carbocycles. The van der Waals surface area contributed by atoms with Crippen LogP contribution in [0.4, 0.5) is 0 Å². The Morgan fingerprint density at radius 1 is 0.561 bits per heavy atom. The first kappa shape index (κ1) is 52.2. The summed E-state index contributed by atoms with van der Waals surface area (Å²) >= 11 is 0. The topological polar surface area (TPSA) is 169 Å². The van der Waals surface area contributed by atoms with E-state index in [1.165, 1.54) is 89.9 Å². The lowest BCUT2D eigenvalue weighted by Crippen LogP contribution is -2.60. The zero-order valence-electron chi connectivity index (χ0n) is 35.3. The minimum Gasteiger partial charge on any atom is -0.479 e. The monoisotopic (exact) mass is 807 g/mol. The molecule has 0 aromatic carbocycles.